The van der Waals surface area contributed by atoms with Crippen LogP contribution in [0.25, 0.3) is 0 Å². The molecule has 1 atom stereocenters. The van der Waals surface area contributed by atoms with Crippen molar-refractivity contribution in [3.63, 3.8) is 0 Å². The van der Waals surface area contributed by atoms with E-state index in [0.717, 1.165) is 32.5 Å². The molecule has 0 aliphatic carbocycles. The maximum absolute atomic E-state index is 8.73. The molecular weight excluding hydrogens is 244 g/mol. The number of unbranched alkanes of at least 4 members (excludes halogenated alkanes) is 4. The molecule has 1 unspecified atom stereocenters. The molecule has 0 heterocycles. The number of ether oxygens (including phenoxy) is 2. The molecule has 0 amide bonds. The first kappa shape index (κ1) is 21.1. The minimum atomic E-state index is -0.318. The third-order valence-corrected chi connectivity index (χ3v) is 2.38. The van der Waals surface area contributed by atoms with Crippen molar-refractivity contribution in [2.24, 2.45) is 0 Å². The lowest BCUT2D eigenvalue weighted by Crippen LogP contribution is -2.10. The molecule has 118 valence electrons. The van der Waals surface area contributed by atoms with E-state index in [2.05, 4.69) is 13.8 Å². The topological polar surface area (TPSA) is 58.9 Å². The van der Waals surface area contributed by atoms with Crippen molar-refractivity contribution in [1.82, 2.24) is 0 Å². The summed E-state index contributed by atoms with van der Waals surface area (Å²) in [6, 6.07) is 0. The maximum Gasteiger partial charge on any atom is 0.0745 e. The number of rotatable bonds is 12. The molecule has 0 aliphatic rings. The third-order valence-electron chi connectivity index (χ3n) is 2.38. The van der Waals surface area contributed by atoms with Gasteiger partial charge in [-0.1, -0.05) is 39.5 Å². The molecule has 2 N–H and O–H groups in total. The van der Waals surface area contributed by atoms with E-state index in [1.165, 1.54) is 19.3 Å². The van der Waals surface area contributed by atoms with Gasteiger partial charge in [0.05, 0.1) is 25.9 Å². The van der Waals surface area contributed by atoms with Gasteiger partial charge in [0.25, 0.3) is 0 Å². The second-order valence-electron chi connectivity index (χ2n) is 4.67. The Hall–Kier alpha value is -0.160. The predicted molar refractivity (Wildman–Crippen MR) is 79.5 cm³/mol. The largest absolute Gasteiger partial charge is 0.394 e. The van der Waals surface area contributed by atoms with Gasteiger partial charge in [0.1, 0.15) is 0 Å². The van der Waals surface area contributed by atoms with Gasteiger partial charge >= 0.3 is 0 Å². The summed E-state index contributed by atoms with van der Waals surface area (Å²) in [6.07, 6.45) is 6.87. The van der Waals surface area contributed by atoms with E-state index in [9.17, 15) is 0 Å². The minimum absolute atomic E-state index is 0.147. The van der Waals surface area contributed by atoms with Crippen molar-refractivity contribution in [2.45, 2.75) is 65.4 Å². The van der Waals surface area contributed by atoms with Crippen LogP contribution in [0.4, 0.5) is 0 Å². The minimum Gasteiger partial charge on any atom is -0.394 e. The van der Waals surface area contributed by atoms with Crippen molar-refractivity contribution in [2.75, 3.05) is 33.0 Å². The van der Waals surface area contributed by atoms with E-state index >= 15 is 0 Å². The normalized spacial score (nSPS) is 11.8. The summed E-state index contributed by atoms with van der Waals surface area (Å²) < 4.78 is 10.2. The van der Waals surface area contributed by atoms with Crippen LogP contribution in [0, 0.1) is 0 Å². The molecule has 0 rings (SSSR count). The van der Waals surface area contributed by atoms with E-state index in [0.29, 0.717) is 13.2 Å². The van der Waals surface area contributed by atoms with Crippen LogP contribution in [0.2, 0.25) is 0 Å². The van der Waals surface area contributed by atoms with Gasteiger partial charge in [-0.2, -0.15) is 0 Å². The Morgan fingerprint density at radius 2 is 1.47 bits per heavy atom. The summed E-state index contributed by atoms with van der Waals surface area (Å²) in [6.45, 7) is 8.73. The highest BCUT2D eigenvalue weighted by Gasteiger charge is 1.92. The molecule has 0 saturated carbocycles. The van der Waals surface area contributed by atoms with Crippen LogP contribution in [-0.2, 0) is 9.47 Å². The summed E-state index contributed by atoms with van der Waals surface area (Å²) in [7, 11) is 0. The van der Waals surface area contributed by atoms with E-state index < -0.39 is 0 Å². The standard InChI is InChI=1S/C8H18O2.C7H16O2/c1-2-3-4-5-7-10-8-6-9;1-3-4-5-9-6-7(2)8/h9H,2-8H2,1H3;7-8H,3-6H2,1-2H3. The maximum atomic E-state index is 8.73. The van der Waals surface area contributed by atoms with Crippen LogP contribution >= 0.6 is 0 Å². The Bertz CT molecular complexity index is 132. The first-order chi connectivity index (χ1) is 9.18. The Balaban J connectivity index is 0. The van der Waals surface area contributed by atoms with Crippen LogP contribution in [0.5, 0.6) is 0 Å². The molecule has 0 aliphatic heterocycles. The highest BCUT2D eigenvalue weighted by molar-refractivity contribution is 4.41. The Kier molecular flexibility index (Phi) is 22.4. The molecule has 0 spiro atoms. The fraction of sp³-hybridized carbons (Fsp3) is 1.00. The van der Waals surface area contributed by atoms with E-state index in [1.54, 1.807) is 6.92 Å². The molecule has 4 heteroatoms. The molecule has 0 bridgehead atoms. The third kappa shape index (κ3) is 27.2. The fourth-order valence-corrected chi connectivity index (χ4v) is 1.30. The summed E-state index contributed by atoms with van der Waals surface area (Å²) in [5, 5.41) is 17.1. The summed E-state index contributed by atoms with van der Waals surface area (Å²) in [5.41, 5.74) is 0. The van der Waals surface area contributed by atoms with Crippen molar-refractivity contribution in [1.29, 1.82) is 0 Å². The first-order valence-electron chi connectivity index (χ1n) is 7.63. The van der Waals surface area contributed by atoms with E-state index in [4.69, 9.17) is 19.7 Å². The van der Waals surface area contributed by atoms with E-state index in [1.807, 2.05) is 0 Å². The van der Waals surface area contributed by atoms with Gasteiger partial charge < -0.3 is 19.7 Å². The van der Waals surface area contributed by atoms with Crippen molar-refractivity contribution in [3.8, 4) is 0 Å². The number of hydrogen-bond donors (Lipinski definition) is 2. The molecule has 0 aromatic rings. The van der Waals surface area contributed by atoms with Crippen LogP contribution in [0.1, 0.15) is 59.3 Å². The van der Waals surface area contributed by atoms with Crippen molar-refractivity contribution in [3.05, 3.63) is 0 Å². The quantitative estimate of drug-likeness (QED) is 0.539. The van der Waals surface area contributed by atoms with Gasteiger partial charge in [-0.05, 0) is 19.8 Å². The lowest BCUT2D eigenvalue weighted by molar-refractivity contribution is 0.0450. The van der Waals surface area contributed by atoms with Gasteiger partial charge in [0, 0.05) is 13.2 Å². The molecule has 0 aromatic carbocycles. The Morgan fingerprint density at radius 1 is 0.842 bits per heavy atom. The van der Waals surface area contributed by atoms with Crippen LogP contribution in [0.3, 0.4) is 0 Å². The molecule has 19 heavy (non-hydrogen) atoms. The molecule has 0 radical (unpaired) electrons. The molecule has 0 saturated heterocycles. The average molecular weight is 278 g/mol. The van der Waals surface area contributed by atoms with Gasteiger partial charge in [0.15, 0.2) is 0 Å². The van der Waals surface area contributed by atoms with Crippen LogP contribution in [0.15, 0.2) is 0 Å². The lowest BCUT2D eigenvalue weighted by Gasteiger charge is -2.03. The summed E-state index contributed by atoms with van der Waals surface area (Å²) >= 11 is 0. The molecule has 0 aromatic heterocycles. The second-order valence-corrected chi connectivity index (χ2v) is 4.67. The molecule has 0 fully saturated rings. The zero-order valence-corrected chi connectivity index (χ0v) is 13.1. The summed E-state index contributed by atoms with van der Waals surface area (Å²) in [4.78, 5) is 0. The first-order valence-corrected chi connectivity index (χ1v) is 7.63. The molecule has 4 nitrogen and oxygen atoms in total. The van der Waals surface area contributed by atoms with Crippen molar-refractivity contribution < 1.29 is 19.7 Å². The Labute approximate surface area is 119 Å². The van der Waals surface area contributed by atoms with Gasteiger partial charge in [-0.15, -0.1) is 0 Å². The van der Waals surface area contributed by atoms with Crippen LogP contribution < -0.4 is 0 Å². The van der Waals surface area contributed by atoms with Crippen molar-refractivity contribution >= 4 is 0 Å². The number of aliphatic hydroxyl groups excluding tert-OH is 2. The lowest BCUT2D eigenvalue weighted by atomic mass is 10.2. The number of hydrogen-bond acceptors (Lipinski definition) is 4. The SMILES string of the molecule is CCCCCCOCCO.CCCCOCC(C)O. The highest BCUT2D eigenvalue weighted by atomic mass is 16.5. The van der Waals surface area contributed by atoms with Gasteiger partial charge in [0.2, 0.25) is 0 Å². The predicted octanol–water partition coefficient (Wildman–Crippen LogP) is 2.76. The zero-order valence-electron chi connectivity index (χ0n) is 13.1. The Morgan fingerprint density at radius 3 is 2.00 bits per heavy atom. The monoisotopic (exact) mass is 278 g/mol. The zero-order chi connectivity index (χ0) is 14.8. The average Bonchev–Trinajstić information content (AvgIpc) is 2.39. The second kappa shape index (κ2) is 20.2. The highest BCUT2D eigenvalue weighted by Crippen LogP contribution is 1.98. The molecular formula is C15H34O4. The summed E-state index contributed by atoms with van der Waals surface area (Å²) in [5.74, 6) is 0. The smallest absolute Gasteiger partial charge is 0.0745 e. The fourth-order valence-electron chi connectivity index (χ4n) is 1.30. The van der Waals surface area contributed by atoms with E-state index in [-0.39, 0.29) is 12.7 Å². The van der Waals surface area contributed by atoms with Gasteiger partial charge in [-0.25, -0.2) is 0 Å². The van der Waals surface area contributed by atoms with Gasteiger partial charge in [-0.3, -0.25) is 0 Å². The van der Waals surface area contributed by atoms with Crippen LogP contribution in [-0.4, -0.2) is 49.4 Å². The number of aliphatic hydroxyl groups is 2.